The number of benzene rings is 2. The number of halogens is 1. The number of pyridine rings is 1. The lowest BCUT2D eigenvalue weighted by atomic mass is 10.0. The highest BCUT2D eigenvalue weighted by molar-refractivity contribution is 6.05. The van der Waals surface area contributed by atoms with Gasteiger partial charge in [-0.1, -0.05) is 12.1 Å². The Morgan fingerprint density at radius 3 is 2.62 bits per heavy atom. The van der Waals surface area contributed by atoms with Crippen molar-refractivity contribution in [2.75, 3.05) is 90.8 Å². The van der Waals surface area contributed by atoms with Crippen LogP contribution in [-0.4, -0.2) is 114 Å². The number of carbonyl (C=O) groups excluding carboxylic acids is 3. The number of carbonyl (C=O) groups is 3. The van der Waals surface area contributed by atoms with Gasteiger partial charge in [-0.05, 0) is 54.8 Å². The molecule has 0 radical (unpaired) electrons. The van der Waals surface area contributed by atoms with Crippen LogP contribution in [0.15, 0.2) is 54.9 Å². The van der Waals surface area contributed by atoms with Gasteiger partial charge in [0, 0.05) is 100 Å². The second-order valence-electron chi connectivity index (χ2n) is 14.9. The van der Waals surface area contributed by atoms with E-state index >= 15 is 4.39 Å². The summed E-state index contributed by atoms with van der Waals surface area (Å²) in [6.45, 7) is 9.60. The monoisotopic (exact) mass is 761 g/mol. The number of ether oxygens (including phenoxy) is 1. The van der Waals surface area contributed by atoms with Gasteiger partial charge in [0.05, 0.1) is 30.5 Å². The highest BCUT2D eigenvalue weighted by Crippen LogP contribution is 2.36. The van der Waals surface area contributed by atoms with Crippen LogP contribution in [0.4, 0.5) is 43.6 Å². The van der Waals surface area contributed by atoms with Gasteiger partial charge in [0.1, 0.15) is 18.1 Å². The number of nitrogens with zero attached hydrogens (tertiary/aromatic N) is 8. The SMILES string of the molecule is Cc1c(N2CCc3cnc(Nc4ccc(CC(=O)N5CCN(C6CN(c7cccc(N8CCC(=O)NC8=O)c7)C6)CC5)c(F)c4)nc3C2)cnc2c1NCCO2. The summed E-state index contributed by atoms with van der Waals surface area (Å²) >= 11 is 0. The smallest absolute Gasteiger partial charge is 0.328 e. The van der Waals surface area contributed by atoms with Gasteiger partial charge in [-0.15, -0.1) is 0 Å². The minimum Gasteiger partial charge on any atom is -0.474 e. The molecule has 0 unspecified atom stereocenters. The molecule has 4 aromatic rings. The number of piperazine rings is 1. The van der Waals surface area contributed by atoms with E-state index in [9.17, 15) is 14.4 Å². The van der Waals surface area contributed by atoms with E-state index in [0.29, 0.717) is 61.9 Å². The van der Waals surface area contributed by atoms with Crippen molar-refractivity contribution in [1.82, 2.24) is 30.1 Å². The van der Waals surface area contributed by atoms with Crippen molar-refractivity contribution in [3.05, 3.63) is 83.1 Å². The number of anilines is 6. The molecule has 0 atom stereocenters. The molecule has 290 valence electrons. The maximum absolute atomic E-state index is 15.4. The number of hydrogen-bond acceptors (Lipinski definition) is 12. The van der Waals surface area contributed by atoms with Crippen LogP contribution in [-0.2, 0) is 29.0 Å². The number of urea groups is 1. The standard InChI is InChI=1S/C40H44FN11O4/c1-25-34(21-43-38-37(25)42-9-16-56-38)50-10-7-27-20-44-39(46-33(27)24-50)45-28-6-5-26(32(41)18-28)17-36(54)49-14-12-48(13-15-49)31-22-51(23-31)29-3-2-4-30(19-29)52-11-8-35(53)47-40(52)55/h2-6,18-21,31,42H,7-17,22-24H2,1H3,(H,44,45,46)(H,47,53,55). The molecule has 9 rings (SSSR count). The van der Waals surface area contributed by atoms with E-state index in [1.807, 2.05) is 41.6 Å². The lowest BCUT2D eigenvalue weighted by Gasteiger charge is -2.49. The Kier molecular flexibility index (Phi) is 9.49. The summed E-state index contributed by atoms with van der Waals surface area (Å²) in [5.74, 6) is 0.230. The molecular weight excluding hydrogens is 718 g/mol. The third kappa shape index (κ3) is 7.11. The van der Waals surface area contributed by atoms with Crippen LogP contribution in [0, 0.1) is 12.7 Å². The first kappa shape index (κ1) is 35.7. The topological polar surface area (TPSA) is 151 Å². The fourth-order valence-corrected chi connectivity index (χ4v) is 8.17. The van der Waals surface area contributed by atoms with Crippen LogP contribution in [0.3, 0.4) is 0 Å². The van der Waals surface area contributed by atoms with Gasteiger partial charge in [-0.25, -0.2) is 24.1 Å². The first-order valence-electron chi connectivity index (χ1n) is 19.3. The second kappa shape index (κ2) is 14.9. The highest BCUT2D eigenvalue weighted by atomic mass is 19.1. The van der Waals surface area contributed by atoms with Gasteiger partial charge in [0.2, 0.25) is 23.6 Å². The average molecular weight is 762 g/mol. The molecule has 3 saturated heterocycles. The van der Waals surface area contributed by atoms with Crippen molar-refractivity contribution in [2.45, 2.75) is 38.8 Å². The zero-order chi connectivity index (χ0) is 38.3. The molecule has 3 fully saturated rings. The fourth-order valence-electron chi connectivity index (χ4n) is 8.17. The first-order chi connectivity index (χ1) is 27.3. The summed E-state index contributed by atoms with van der Waals surface area (Å²) in [6, 6.07) is 12.6. The van der Waals surface area contributed by atoms with Crippen LogP contribution < -0.4 is 35.4 Å². The van der Waals surface area contributed by atoms with Gasteiger partial charge >= 0.3 is 6.03 Å². The quantitative estimate of drug-likeness (QED) is 0.241. The van der Waals surface area contributed by atoms with Crippen molar-refractivity contribution >= 4 is 52.2 Å². The highest BCUT2D eigenvalue weighted by Gasteiger charge is 2.35. The molecule has 0 spiro atoms. The molecule has 2 aromatic heterocycles. The van der Waals surface area contributed by atoms with E-state index < -0.39 is 11.8 Å². The van der Waals surface area contributed by atoms with E-state index in [0.717, 1.165) is 85.3 Å². The number of aromatic nitrogens is 3. The number of hydrogen-bond donors (Lipinski definition) is 3. The third-order valence-corrected chi connectivity index (χ3v) is 11.5. The number of imide groups is 1. The summed E-state index contributed by atoms with van der Waals surface area (Å²) in [7, 11) is 0. The van der Waals surface area contributed by atoms with Gasteiger partial charge in [0.15, 0.2) is 0 Å². The van der Waals surface area contributed by atoms with Crippen molar-refractivity contribution < 1.29 is 23.5 Å². The predicted octanol–water partition coefficient (Wildman–Crippen LogP) is 3.45. The maximum atomic E-state index is 15.4. The second-order valence-corrected chi connectivity index (χ2v) is 14.9. The predicted molar refractivity (Wildman–Crippen MR) is 209 cm³/mol. The van der Waals surface area contributed by atoms with Crippen LogP contribution in [0.2, 0.25) is 0 Å². The van der Waals surface area contributed by atoms with Gasteiger partial charge < -0.3 is 30.1 Å². The van der Waals surface area contributed by atoms with Gasteiger partial charge in [-0.2, -0.15) is 0 Å². The lowest BCUT2D eigenvalue weighted by Crippen LogP contribution is -2.63. The molecule has 7 heterocycles. The van der Waals surface area contributed by atoms with Crippen molar-refractivity contribution in [2.24, 2.45) is 0 Å². The molecule has 56 heavy (non-hydrogen) atoms. The Hall–Kier alpha value is -6.03. The molecular formula is C40H44FN11O4. The van der Waals surface area contributed by atoms with E-state index in [4.69, 9.17) is 9.72 Å². The molecule has 15 nitrogen and oxygen atoms in total. The molecule has 4 amide bonds. The van der Waals surface area contributed by atoms with Crippen molar-refractivity contribution in [1.29, 1.82) is 0 Å². The number of amides is 4. The van der Waals surface area contributed by atoms with Crippen LogP contribution in [0.25, 0.3) is 0 Å². The molecule has 0 saturated carbocycles. The first-order valence-corrected chi connectivity index (χ1v) is 19.3. The normalized spacial score (nSPS) is 18.7. The Bertz CT molecular complexity index is 2190. The Labute approximate surface area is 323 Å². The largest absolute Gasteiger partial charge is 0.474 e. The Balaban J connectivity index is 0.757. The van der Waals surface area contributed by atoms with E-state index in [2.05, 4.69) is 47.5 Å². The third-order valence-electron chi connectivity index (χ3n) is 11.5. The fraction of sp³-hybridized carbons (Fsp3) is 0.400. The Morgan fingerprint density at radius 2 is 1.80 bits per heavy atom. The molecule has 3 N–H and O–H groups in total. The molecule has 0 aliphatic carbocycles. The number of fused-ring (bicyclic) bond motifs is 2. The number of rotatable bonds is 8. The van der Waals surface area contributed by atoms with Crippen molar-refractivity contribution in [3.8, 4) is 5.88 Å². The molecule has 5 aliphatic rings. The maximum Gasteiger partial charge on any atom is 0.328 e. The number of nitrogens with one attached hydrogen (secondary N) is 3. The van der Waals surface area contributed by atoms with E-state index in [1.54, 1.807) is 17.0 Å². The molecule has 16 heteroatoms. The summed E-state index contributed by atoms with van der Waals surface area (Å²) in [5.41, 5.74) is 7.71. The van der Waals surface area contributed by atoms with Crippen molar-refractivity contribution in [3.63, 3.8) is 0 Å². The molecule has 5 aliphatic heterocycles. The lowest BCUT2D eigenvalue weighted by molar-refractivity contribution is -0.132. The van der Waals surface area contributed by atoms with Crippen LogP contribution >= 0.6 is 0 Å². The Morgan fingerprint density at radius 1 is 0.964 bits per heavy atom. The summed E-state index contributed by atoms with van der Waals surface area (Å²) < 4.78 is 21.1. The van der Waals surface area contributed by atoms with Gasteiger partial charge in [0.25, 0.3) is 0 Å². The van der Waals surface area contributed by atoms with E-state index in [1.165, 1.54) is 6.07 Å². The minimum atomic E-state index is -0.452. The van der Waals surface area contributed by atoms with Crippen LogP contribution in [0.5, 0.6) is 5.88 Å². The zero-order valence-electron chi connectivity index (χ0n) is 31.3. The molecule has 2 aromatic carbocycles. The van der Waals surface area contributed by atoms with Gasteiger partial charge in [-0.3, -0.25) is 24.7 Å². The summed E-state index contributed by atoms with van der Waals surface area (Å²) in [6.07, 6.45) is 4.77. The average Bonchev–Trinajstić information content (AvgIpc) is 3.19. The summed E-state index contributed by atoms with van der Waals surface area (Å²) in [4.78, 5) is 61.4. The summed E-state index contributed by atoms with van der Waals surface area (Å²) in [5, 5.41) is 8.94. The van der Waals surface area contributed by atoms with E-state index in [-0.39, 0.29) is 24.7 Å². The molecule has 0 bridgehead atoms. The van der Waals surface area contributed by atoms with Crippen LogP contribution in [0.1, 0.15) is 28.8 Å². The zero-order valence-corrected chi connectivity index (χ0v) is 31.3. The minimum absolute atomic E-state index is 0.00729.